The molecule has 1 fully saturated rings. The maximum atomic E-state index is 9.87. The van der Waals surface area contributed by atoms with E-state index in [4.69, 9.17) is 0 Å². The van der Waals surface area contributed by atoms with Gasteiger partial charge in [-0.1, -0.05) is 0 Å². The van der Waals surface area contributed by atoms with Gasteiger partial charge in [0.2, 0.25) is 0 Å². The number of hydrogen-bond acceptors (Lipinski definition) is 4. The monoisotopic (exact) mass is 219 g/mol. The highest BCUT2D eigenvalue weighted by atomic mass is 16.3. The SMILES string of the molecule is OC1CCC(n2ccc3cncnc32)C1O. The standard InChI is InChI=1S/C11H13N3O2/c15-9-2-1-8(10(9)16)14-4-3-7-5-12-6-13-11(7)14/h3-6,8-10,15-16H,1-2H2. The van der Waals surface area contributed by atoms with Gasteiger partial charge in [0, 0.05) is 17.8 Å². The van der Waals surface area contributed by atoms with E-state index < -0.39 is 12.2 Å². The third kappa shape index (κ3) is 1.32. The van der Waals surface area contributed by atoms with Crippen molar-refractivity contribution in [3.8, 4) is 0 Å². The summed E-state index contributed by atoms with van der Waals surface area (Å²) in [6.07, 6.45) is 5.22. The topological polar surface area (TPSA) is 71.2 Å². The molecule has 1 saturated carbocycles. The van der Waals surface area contributed by atoms with Crippen molar-refractivity contribution in [3.63, 3.8) is 0 Å². The molecule has 3 unspecified atom stereocenters. The van der Waals surface area contributed by atoms with Crippen molar-refractivity contribution in [3.05, 3.63) is 24.8 Å². The Kier molecular flexibility index (Phi) is 2.15. The van der Waals surface area contributed by atoms with Gasteiger partial charge < -0.3 is 14.8 Å². The summed E-state index contributed by atoms with van der Waals surface area (Å²) >= 11 is 0. The summed E-state index contributed by atoms with van der Waals surface area (Å²) in [5.74, 6) is 0. The fraction of sp³-hybridized carbons (Fsp3) is 0.455. The molecule has 0 amide bonds. The quantitative estimate of drug-likeness (QED) is 0.732. The highest BCUT2D eigenvalue weighted by Crippen LogP contribution is 2.32. The Morgan fingerprint density at radius 2 is 2.19 bits per heavy atom. The Labute approximate surface area is 92.4 Å². The number of aliphatic hydroxyl groups excluding tert-OH is 2. The minimum Gasteiger partial charge on any atom is -0.390 e. The third-order valence-electron chi connectivity index (χ3n) is 3.28. The van der Waals surface area contributed by atoms with Crippen LogP contribution in [0.5, 0.6) is 0 Å². The second kappa shape index (κ2) is 3.54. The van der Waals surface area contributed by atoms with Crippen LogP contribution >= 0.6 is 0 Å². The van der Waals surface area contributed by atoms with E-state index >= 15 is 0 Å². The van der Waals surface area contributed by atoms with Gasteiger partial charge >= 0.3 is 0 Å². The molecule has 1 aliphatic rings. The molecular formula is C11H13N3O2. The zero-order valence-corrected chi connectivity index (χ0v) is 8.69. The van der Waals surface area contributed by atoms with Crippen molar-refractivity contribution >= 4 is 11.0 Å². The molecule has 0 spiro atoms. The van der Waals surface area contributed by atoms with E-state index in [2.05, 4.69) is 9.97 Å². The van der Waals surface area contributed by atoms with Gasteiger partial charge in [0.05, 0.1) is 12.1 Å². The van der Waals surface area contributed by atoms with Crippen LogP contribution in [0.15, 0.2) is 24.8 Å². The molecule has 0 bridgehead atoms. The Bertz CT molecular complexity index is 511. The minimum atomic E-state index is -0.703. The molecule has 3 atom stereocenters. The van der Waals surface area contributed by atoms with Crippen LogP contribution in [-0.4, -0.2) is 37.0 Å². The van der Waals surface area contributed by atoms with Crippen molar-refractivity contribution in [1.82, 2.24) is 14.5 Å². The molecule has 1 aliphatic carbocycles. The van der Waals surface area contributed by atoms with E-state index in [0.717, 1.165) is 17.5 Å². The van der Waals surface area contributed by atoms with Gasteiger partial charge in [-0.25, -0.2) is 9.97 Å². The molecule has 16 heavy (non-hydrogen) atoms. The molecule has 5 heteroatoms. The van der Waals surface area contributed by atoms with Gasteiger partial charge in [-0.2, -0.15) is 0 Å². The highest BCUT2D eigenvalue weighted by Gasteiger charge is 2.35. The lowest BCUT2D eigenvalue weighted by molar-refractivity contribution is 0.0242. The zero-order chi connectivity index (χ0) is 11.1. The van der Waals surface area contributed by atoms with Crippen LogP contribution in [0, 0.1) is 0 Å². The first-order chi connectivity index (χ1) is 7.77. The normalized spacial score (nSPS) is 30.0. The van der Waals surface area contributed by atoms with Crippen molar-refractivity contribution in [2.75, 3.05) is 0 Å². The summed E-state index contributed by atoms with van der Waals surface area (Å²) in [4.78, 5) is 8.15. The Morgan fingerprint density at radius 1 is 1.31 bits per heavy atom. The second-order valence-corrected chi connectivity index (χ2v) is 4.23. The van der Waals surface area contributed by atoms with Gasteiger partial charge in [0.25, 0.3) is 0 Å². The maximum Gasteiger partial charge on any atom is 0.143 e. The smallest absolute Gasteiger partial charge is 0.143 e. The van der Waals surface area contributed by atoms with Crippen LogP contribution in [0.25, 0.3) is 11.0 Å². The number of rotatable bonds is 1. The largest absolute Gasteiger partial charge is 0.390 e. The average molecular weight is 219 g/mol. The number of hydrogen-bond donors (Lipinski definition) is 2. The van der Waals surface area contributed by atoms with Gasteiger partial charge in [-0.05, 0) is 18.9 Å². The van der Waals surface area contributed by atoms with E-state index in [9.17, 15) is 10.2 Å². The van der Waals surface area contributed by atoms with Crippen LogP contribution in [0.4, 0.5) is 0 Å². The van der Waals surface area contributed by atoms with Crippen LogP contribution in [0.3, 0.4) is 0 Å². The summed E-state index contributed by atoms with van der Waals surface area (Å²) in [5, 5.41) is 20.4. The first kappa shape index (κ1) is 9.74. The first-order valence-electron chi connectivity index (χ1n) is 5.40. The van der Waals surface area contributed by atoms with Crippen molar-refractivity contribution in [1.29, 1.82) is 0 Å². The summed E-state index contributed by atoms with van der Waals surface area (Å²) in [6, 6.07) is 1.84. The number of aromatic nitrogens is 3. The van der Waals surface area contributed by atoms with Crippen molar-refractivity contribution in [2.24, 2.45) is 0 Å². The van der Waals surface area contributed by atoms with E-state index in [1.54, 1.807) is 6.20 Å². The predicted octanol–water partition coefficient (Wildman–Crippen LogP) is 0.488. The van der Waals surface area contributed by atoms with Crippen LogP contribution in [0.2, 0.25) is 0 Å². The minimum absolute atomic E-state index is 0.0811. The van der Waals surface area contributed by atoms with E-state index in [-0.39, 0.29) is 6.04 Å². The van der Waals surface area contributed by atoms with E-state index in [1.807, 2.05) is 16.8 Å². The molecule has 2 N–H and O–H groups in total. The van der Waals surface area contributed by atoms with Crippen LogP contribution in [-0.2, 0) is 0 Å². The molecule has 5 nitrogen and oxygen atoms in total. The molecule has 2 heterocycles. The Morgan fingerprint density at radius 3 is 2.94 bits per heavy atom. The number of aliphatic hydroxyl groups is 2. The van der Waals surface area contributed by atoms with Gasteiger partial charge in [-0.15, -0.1) is 0 Å². The summed E-state index contributed by atoms with van der Waals surface area (Å²) in [5.41, 5.74) is 0.813. The maximum absolute atomic E-state index is 9.87. The van der Waals surface area contributed by atoms with Crippen molar-refractivity contribution < 1.29 is 10.2 Å². The fourth-order valence-electron chi connectivity index (χ4n) is 2.41. The fourth-order valence-corrected chi connectivity index (χ4v) is 2.41. The van der Waals surface area contributed by atoms with Crippen molar-refractivity contribution in [2.45, 2.75) is 31.1 Å². The molecule has 0 aliphatic heterocycles. The molecule has 0 saturated heterocycles. The third-order valence-corrected chi connectivity index (χ3v) is 3.28. The zero-order valence-electron chi connectivity index (χ0n) is 8.69. The number of nitrogens with zero attached hydrogens (tertiary/aromatic N) is 3. The molecule has 0 radical (unpaired) electrons. The van der Waals surface area contributed by atoms with E-state index in [1.165, 1.54) is 6.33 Å². The lowest BCUT2D eigenvalue weighted by atomic mass is 10.2. The summed E-state index contributed by atoms with van der Waals surface area (Å²) < 4.78 is 1.93. The van der Waals surface area contributed by atoms with Gasteiger partial charge in [-0.3, -0.25) is 0 Å². The number of fused-ring (bicyclic) bond motifs is 1. The molecule has 2 aromatic rings. The lowest BCUT2D eigenvalue weighted by Crippen LogP contribution is -2.26. The summed E-state index contributed by atoms with van der Waals surface area (Å²) in [7, 11) is 0. The average Bonchev–Trinajstić information content (AvgIpc) is 2.85. The molecular weight excluding hydrogens is 206 g/mol. The molecule has 2 aromatic heterocycles. The highest BCUT2D eigenvalue weighted by molar-refractivity contribution is 5.74. The first-order valence-corrected chi connectivity index (χ1v) is 5.40. The lowest BCUT2D eigenvalue weighted by Gasteiger charge is -2.18. The Hall–Kier alpha value is -1.46. The van der Waals surface area contributed by atoms with Gasteiger partial charge in [0.1, 0.15) is 18.1 Å². The Balaban J connectivity index is 2.06. The van der Waals surface area contributed by atoms with Crippen LogP contribution < -0.4 is 0 Å². The predicted molar refractivity (Wildman–Crippen MR) is 57.8 cm³/mol. The molecule has 0 aromatic carbocycles. The second-order valence-electron chi connectivity index (χ2n) is 4.23. The molecule has 3 rings (SSSR count). The van der Waals surface area contributed by atoms with Crippen LogP contribution in [0.1, 0.15) is 18.9 Å². The van der Waals surface area contributed by atoms with Gasteiger partial charge in [0.15, 0.2) is 0 Å². The van der Waals surface area contributed by atoms with E-state index in [0.29, 0.717) is 6.42 Å². The summed E-state index contributed by atoms with van der Waals surface area (Å²) in [6.45, 7) is 0. The molecule has 84 valence electrons.